The lowest BCUT2D eigenvalue weighted by Gasteiger charge is -2.08. The third-order valence-corrected chi connectivity index (χ3v) is 4.73. The highest BCUT2D eigenvalue weighted by Crippen LogP contribution is 2.41. The molecule has 1 saturated carbocycles. The van der Waals surface area contributed by atoms with Crippen LogP contribution in [0.25, 0.3) is 11.4 Å². The van der Waals surface area contributed by atoms with Gasteiger partial charge in [0.25, 0.3) is 14.2 Å². The predicted octanol–water partition coefficient (Wildman–Crippen LogP) is 2.97. The molecule has 3 rings (SSSR count). The Hall–Kier alpha value is -0.920. The third-order valence-electron chi connectivity index (χ3n) is 2.91. The van der Waals surface area contributed by atoms with Crippen LogP contribution in [0.15, 0.2) is 33.9 Å². The van der Waals surface area contributed by atoms with Crippen LogP contribution in [0.2, 0.25) is 0 Å². The van der Waals surface area contributed by atoms with E-state index < -0.39 is 9.05 Å². The summed E-state index contributed by atoms with van der Waals surface area (Å²) in [4.78, 5) is 0. The zero-order valence-corrected chi connectivity index (χ0v) is 12.8. The molecular formula is C11H9BrClN3O2S. The lowest BCUT2D eigenvalue weighted by Crippen LogP contribution is -2.06. The fourth-order valence-electron chi connectivity index (χ4n) is 1.93. The average Bonchev–Trinajstić information content (AvgIpc) is 3.07. The summed E-state index contributed by atoms with van der Waals surface area (Å²) < 4.78 is 25.5. The van der Waals surface area contributed by atoms with E-state index in [1.807, 2.05) is 24.3 Å². The van der Waals surface area contributed by atoms with E-state index in [2.05, 4.69) is 26.1 Å². The fourth-order valence-corrected chi connectivity index (χ4v) is 3.32. The summed E-state index contributed by atoms with van der Waals surface area (Å²) in [7, 11) is 1.52. The van der Waals surface area contributed by atoms with Gasteiger partial charge in [0.1, 0.15) is 0 Å². The van der Waals surface area contributed by atoms with Crippen molar-refractivity contribution < 1.29 is 8.42 Å². The normalized spacial score (nSPS) is 15.7. The maximum atomic E-state index is 11.5. The summed E-state index contributed by atoms with van der Waals surface area (Å²) >= 11 is 3.43. The quantitative estimate of drug-likeness (QED) is 0.787. The molecule has 0 spiro atoms. The number of halogens is 2. The molecule has 1 aromatic heterocycles. The van der Waals surface area contributed by atoms with Crippen LogP contribution in [-0.2, 0) is 9.05 Å². The first-order chi connectivity index (χ1) is 8.98. The van der Waals surface area contributed by atoms with Crippen molar-refractivity contribution in [2.24, 2.45) is 0 Å². The summed E-state index contributed by atoms with van der Waals surface area (Å²) in [5.74, 6) is 0.522. The van der Waals surface area contributed by atoms with Crippen LogP contribution in [0.5, 0.6) is 0 Å². The molecule has 1 aliphatic rings. The summed E-state index contributed by atoms with van der Waals surface area (Å²) in [6.45, 7) is 0. The molecule has 1 aliphatic carbocycles. The topological polar surface area (TPSA) is 64.8 Å². The Balaban J connectivity index is 2.24. The van der Waals surface area contributed by atoms with Crippen molar-refractivity contribution in [3.63, 3.8) is 0 Å². The predicted molar refractivity (Wildman–Crippen MR) is 74.5 cm³/mol. The van der Waals surface area contributed by atoms with E-state index in [9.17, 15) is 8.42 Å². The van der Waals surface area contributed by atoms with E-state index in [4.69, 9.17) is 10.7 Å². The average molecular weight is 363 g/mol. The SMILES string of the molecule is O=S(=O)(Cl)c1nnc(-c2ccccc2Br)n1C1CC1. The molecule has 0 saturated heterocycles. The van der Waals surface area contributed by atoms with Crippen LogP contribution >= 0.6 is 26.6 Å². The van der Waals surface area contributed by atoms with Gasteiger partial charge in [-0.2, -0.15) is 0 Å². The van der Waals surface area contributed by atoms with E-state index in [0.717, 1.165) is 22.9 Å². The Morgan fingerprint density at radius 2 is 1.95 bits per heavy atom. The van der Waals surface area contributed by atoms with Gasteiger partial charge in [-0.15, -0.1) is 10.2 Å². The van der Waals surface area contributed by atoms with Crippen LogP contribution in [0, 0.1) is 0 Å². The highest BCUT2D eigenvalue weighted by molar-refractivity contribution is 9.10. The summed E-state index contributed by atoms with van der Waals surface area (Å²) in [6, 6.07) is 7.58. The van der Waals surface area contributed by atoms with Gasteiger partial charge in [0.15, 0.2) is 5.82 Å². The van der Waals surface area contributed by atoms with Crippen molar-refractivity contribution in [3.05, 3.63) is 28.7 Å². The van der Waals surface area contributed by atoms with Crippen LogP contribution in [0.3, 0.4) is 0 Å². The van der Waals surface area contributed by atoms with Crippen LogP contribution in [0.4, 0.5) is 0 Å². The van der Waals surface area contributed by atoms with Crippen molar-refractivity contribution in [2.75, 3.05) is 0 Å². The van der Waals surface area contributed by atoms with Gasteiger partial charge in [-0.1, -0.05) is 34.1 Å². The Morgan fingerprint density at radius 3 is 2.53 bits per heavy atom. The molecule has 1 heterocycles. The van der Waals surface area contributed by atoms with Gasteiger partial charge in [0.2, 0.25) is 0 Å². The lowest BCUT2D eigenvalue weighted by atomic mass is 10.2. The van der Waals surface area contributed by atoms with Gasteiger partial charge in [0, 0.05) is 26.8 Å². The summed E-state index contributed by atoms with van der Waals surface area (Å²) in [5, 5.41) is 7.55. The monoisotopic (exact) mass is 361 g/mol. The molecule has 1 aromatic carbocycles. The van der Waals surface area contributed by atoms with E-state index >= 15 is 0 Å². The zero-order valence-electron chi connectivity index (χ0n) is 9.62. The molecule has 8 heteroatoms. The minimum Gasteiger partial charge on any atom is -0.294 e. The minimum absolute atomic E-state index is 0.112. The molecule has 0 aliphatic heterocycles. The number of aromatic nitrogens is 3. The maximum absolute atomic E-state index is 11.5. The summed E-state index contributed by atoms with van der Waals surface area (Å²) in [6.07, 6.45) is 1.82. The smallest absolute Gasteiger partial charge is 0.294 e. The van der Waals surface area contributed by atoms with Crippen LogP contribution in [-0.4, -0.2) is 23.2 Å². The number of nitrogens with zero attached hydrogens (tertiary/aromatic N) is 3. The second-order valence-electron chi connectivity index (χ2n) is 4.33. The Morgan fingerprint density at radius 1 is 1.26 bits per heavy atom. The van der Waals surface area contributed by atoms with Gasteiger partial charge in [0.05, 0.1) is 0 Å². The number of rotatable bonds is 3. The Labute approximate surface area is 123 Å². The van der Waals surface area contributed by atoms with Crippen molar-refractivity contribution in [1.82, 2.24) is 14.8 Å². The Kier molecular flexibility index (Phi) is 3.15. The second-order valence-corrected chi connectivity index (χ2v) is 7.64. The van der Waals surface area contributed by atoms with Crippen molar-refractivity contribution >= 4 is 35.7 Å². The highest BCUT2D eigenvalue weighted by atomic mass is 79.9. The molecule has 0 N–H and O–H groups in total. The first kappa shape index (κ1) is 13.1. The van der Waals surface area contributed by atoms with Gasteiger partial charge in [-0.05, 0) is 18.9 Å². The first-order valence-electron chi connectivity index (χ1n) is 5.63. The molecule has 0 unspecified atom stereocenters. The van der Waals surface area contributed by atoms with Crippen molar-refractivity contribution in [1.29, 1.82) is 0 Å². The first-order valence-corrected chi connectivity index (χ1v) is 8.73. The molecule has 0 amide bonds. The van der Waals surface area contributed by atoms with Crippen LogP contribution < -0.4 is 0 Å². The minimum atomic E-state index is -3.89. The number of hydrogen-bond acceptors (Lipinski definition) is 4. The molecule has 5 nitrogen and oxygen atoms in total. The van der Waals surface area contributed by atoms with Gasteiger partial charge in [-0.3, -0.25) is 4.57 Å². The molecule has 2 aromatic rings. The molecule has 1 fully saturated rings. The molecule has 0 atom stereocenters. The maximum Gasteiger partial charge on any atom is 0.296 e. The van der Waals surface area contributed by atoms with Crippen molar-refractivity contribution in [3.8, 4) is 11.4 Å². The molecule has 0 bridgehead atoms. The summed E-state index contributed by atoms with van der Waals surface area (Å²) in [5.41, 5.74) is 0.800. The number of hydrogen-bond donors (Lipinski definition) is 0. The van der Waals surface area contributed by atoms with E-state index in [1.54, 1.807) is 4.57 Å². The van der Waals surface area contributed by atoms with Crippen molar-refractivity contribution in [2.45, 2.75) is 24.0 Å². The standard InChI is InChI=1S/C11H9BrClN3O2S/c12-9-4-2-1-3-8(9)10-14-15-11(19(13,17)18)16(10)7-5-6-7/h1-4,7H,5-6H2. The molecule has 19 heavy (non-hydrogen) atoms. The molecular weight excluding hydrogens is 354 g/mol. The largest absolute Gasteiger partial charge is 0.296 e. The molecule has 0 radical (unpaired) electrons. The van der Waals surface area contributed by atoms with Crippen LogP contribution in [0.1, 0.15) is 18.9 Å². The van der Waals surface area contributed by atoms with E-state index in [-0.39, 0.29) is 11.2 Å². The van der Waals surface area contributed by atoms with Gasteiger partial charge in [-0.25, -0.2) is 8.42 Å². The second kappa shape index (κ2) is 4.57. The van der Waals surface area contributed by atoms with Gasteiger partial charge < -0.3 is 0 Å². The third kappa shape index (κ3) is 2.42. The highest BCUT2D eigenvalue weighted by Gasteiger charge is 2.34. The Bertz CT molecular complexity index is 740. The fraction of sp³-hybridized carbons (Fsp3) is 0.273. The van der Waals surface area contributed by atoms with E-state index in [1.165, 1.54) is 0 Å². The zero-order chi connectivity index (χ0) is 13.6. The van der Waals surface area contributed by atoms with Gasteiger partial charge >= 0.3 is 0 Å². The molecule has 100 valence electrons. The van der Waals surface area contributed by atoms with E-state index in [0.29, 0.717) is 5.82 Å². The lowest BCUT2D eigenvalue weighted by molar-refractivity contribution is 0.579. The number of benzene rings is 1.